The highest BCUT2D eigenvalue weighted by molar-refractivity contribution is 6.30. The molecule has 2 aromatic rings. The van der Waals surface area contributed by atoms with Crippen LogP contribution in [-0.2, 0) is 6.42 Å². The molecule has 0 saturated heterocycles. The van der Waals surface area contributed by atoms with Gasteiger partial charge in [0.25, 0.3) is 0 Å². The van der Waals surface area contributed by atoms with Gasteiger partial charge < -0.3 is 5.32 Å². The lowest BCUT2D eigenvalue weighted by Crippen LogP contribution is -2.11. The van der Waals surface area contributed by atoms with Crippen molar-refractivity contribution in [3.8, 4) is 11.1 Å². The third kappa shape index (κ3) is 2.16. The van der Waals surface area contributed by atoms with Gasteiger partial charge in [0, 0.05) is 17.3 Å². The van der Waals surface area contributed by atoms with Crippen molar-refractivity contribution in [2.75, 3.05) is 11.9 Å². The van der Waals surface area contributed by atoms with E-state index in [0.717, 1.165) is 11.6 Å². The molecule has 2 aromatic carbocycles. The largest absolute Gasteiger partial charge is 0.385 e. The molecule has 3 rings (SSSR count). The second kappa shape index (κ2) is 4.42. The lowest BCUT2D eigenvalue weighted by atomic mass is 9.97. The van der Waals surface area contributed by atoms with E-state index in [1.807, 2.05) is 12.1 Å². The van der Waals surface area contributed by atoms with Gasteiger partial charge in [-0.3, -0.25) is 0 Å². The predicted octanol–water partition coefficient (Wildman–Crippen LogP) is 4.37. The highest BCUT2D eigenvalue weighted by Crippen LogP contribution is 2.28. The lowest BCUT2D eigenvalue weighted by Gasteiger charge is -2.18. The van der Waals surface area contributed by atoms with E-state index >= 15 is 0 Å². The fraction of sp³-hybridized carbons (Fsp3) is 0.200. The van der Waals surface area contributed by atoms with Crippen LogP contribution in [0.2, 0.25) is 5.02 Å². The minimum atomic E-state index is 0.786. The van der Waals surface area contributed by atoms with Crippen molar-refractivity contribution in [3.63, 3.8) is 0 Å². The minimum Gasteiger partial charge on any atom is -0.385 e. The van der Waals surface area contributed by atoms with Crippen LogP contribution in [0.4, 0.5) is 5.69 Å². The maximum absolute atomic E-state index is 5.90. The number of fused-ring (bicyclic) bond motifs is 1. The van der Waals surface area contributed by atoms with Crippen LogP contribution in [0.5, 0.6) is 0 Å². The van der Waals surface area contributed by atoms with Crippen LogP contribution in [0.15, 0.2) is 42.5 Å². The van der Waals surface area contributed by atoms with E-state index in [2.05, 4.69) is 35.6 Å². The number of hydrogen-bond donors (Lipinski definition) is 1. The Morgan fingerprint density at radius 2 is 1.71 bits per heavy atom. The first-order valence-electron chi connectivity index (χ1n) is 5.96. The standard InChI is InChI=1S/C15H14ClN/c16-14-6-3-11(4-7-14)12-5-8-15-13(10-12)2-1-9-17-15/h3-8,10,17H,1-2,9H2. The van der Waals surface area contributed by atoms with E-state index in [1.54, 1.807) is 0 Å². The van der Waals surface area contributed by atoms with Crippen LogP contribution in [0.3, 0.4) is 0 Å². The Kier molecular flexibility index (Phi) is 2.77. The van der Waals surface area contributed by atoms with Crippen molar-refractivity contribution in [2.24, 2.45) is 0 Å². The summed E-state index contributed by atoms with van der Waals surface area (Å²) in [5.41, 5.74) is 5.20. The summed E-state index contributed by atoms with van der Waals surface area (Å²) in [7, 11) is 0. The number of benzene rings is 2. The molecule has 0 unspecified atom stereocenters. The third-order valence-corrected chi connectivity index (χ3v) is 3.47. The molecule has 0 amide bonds. The molecule has 1 N–H and O–H groups in total. The molecule has 0 spiro atoms. The summed E-state index contributed by atoms with van der Waals surface area (Å²) < 4.78 is 0. The topological polar surface area (TPSA) is 12.0 Å². The zero-order chi connectivity index (χ0) is 11.7. The van der Waals surface area contributed by atoms with E-state index in [9.17, 15) is 0 Å². The summed E-state index contributed by atoms with van der Waals surface area (Å²) >= 11 is 5.90. The zero-order valence-corrected chi connectivity index (χ0v) is 10.3. The van der Waals surface area contributed by atoms with Gasteiger partial charge in [-0.25, -0.2) is 0 Å². The van der Waals surface area contributed by atoms with Crippen molar-refractivity contribution < 1.29 is 0 Å². The Hall–Kier alpha value is -1.47. The van der Waals surface area contributed by atoms with E-state index < -0.39 is 0 Å². The molecule has 86 valence electrons. The first-order chi connectivity index (χ1) is 8.33. The SMILES string of the molecule is Clc1ccc(-c2ccc3c(c2)CCCN3)cc1. The van der Waals surface area contributed by atoms with Crippen LogP contribution in [0.1, 0.15) is 12.0 Å². The molecule has 2 heteroatoms. The summed E-state index contributed by atoms with van der Waals surface area (Å²) in [6, 6.07) is 14.6. The molecule has 0 fully saturated rings. The van der Waals surface area contributed by atoms with Crippen LogP contribution in [0, 0.1) is 0 Å². The quantitative estimate of drug-likeness (QED) is 0.785. The Labute approximate surface area is 106 Å². The molecule has 0 saturated carbocycles. The van der Waals surface area contributed by atoms with Gasteiger partial charge in [-0.15, -0.1) is 0 Å². The molecule has 0 bridgehead atoms. The van der Waals surface area contributed by atoms with Crippen molar-refractivity contribution in [3.05, 3.63) is 53.1 Å². The van der Waals surface area contributed by atoms with Crippen LogP contribution in [-0.4, -0.2) is 6.54 Å². The van der Waals surface area contributed by atoms with Gasteiger partial charge in [0.1, 0.15) is 0 Å². The fourth-order valence-electron chi connectivity index (χ4n) is 2.30. The first-order valence-corrected chi connectivity index (χ1v) is 6.33. The molecule has 1 nitrogen and oxygen atoms in total. The van der Waals surface area contributed by atoms with Gasteiger partial charge in [0.2, 0.25) is 0 Å². The molecule has 0 atom stereocenters. The zero-order valence-electron chi connectivity index (χ0n) is 9.54. The summed E-state index contributed by atoms with van der Waals surface area (Å²) in [5.74, 6) is 0. The Morgan fingerprint density at radius 1 is 0.941 bits per heavy atom. The number of anilines is 1. The number of hydrogen-bond acceptors (Lipinski definition) is 1. The highest BCUT2D eigenvalue weighted by atomic mass is 35.5. The summed E-state index contributed by atoms with van der Waals surface area (Å²) in [4.78, 5) is 0. The number of nitrogens with one attached hydrogen (secondary N) is 1. The smallest absolute Gasteiger partial charge is 0.0406 e. The Morgan fingerprint density at radius 3 is 2.53 bits per heavy atom. The van der Waals surface area contributed by atoms with Gasteiger partial charge in [-0.05, 0) is 53.8 Å². The molecule has 0 aromatic heterocycles. The molecular formula is C15H14ClN. The van der Waals surface area contributed by atoms with Gasteiger partial charge in [0.05, 0.1) is 0 Å². The highest BCUT2D eigenvalue weighted by Gasteiger charge is 2.09. The van der Waals surface area contributed by atoms with Crippen molar-refractivity contribution in [2.45, 2.75) is 12.8 Å². The maximum Gasteiger partial charge on any atom is 0.0406 e. The minimum absolute atomic E-state index is 0.786. The van der Waals surface area contributed by atoms with E-state index in [1.165, 1.54) is 35.2 Å². The Bertz CT molecular complexity index is 531. The molecule has 1 heterocycles. The van der Waals surface area contributed by atoms with Crippen LogP contribution >= 0.6 is 11.6 Å². The van der Waals surface area contributed by atoms with Gasteiger partial charge in [-0.1, -0.05) is 29.8 Å². The normalized spacial score (nSPS) is 13.9. The second-order valence-electron chi connectivity index (χ2n) is 4.41. The second-order valence-corrected chi connectivity index (χ2v) is 4.85. The number of rotatable bonds is 1. The van der Waals surface area contributed by atoms with E-state index in [4.69, 9.17) is 11.6 Å². The monoisotopic (exact) mass is 243 g/mol. The predicted molar refractivity (Wildman–Crippen MR) is 73.7 cm³/mol. The van der Waals surface area contributed by atoms with Crippen LogP contribution in [0.25, 0.3) is 11.1 Å². The van der Waals surface area contributed by atoms with E-state index in [0.29, 0.717) is 0 Å². The molecule has 0 radical (unpaired) electrons. The third-order valence-electron chi connectivity index (χ3n) is 3.22. The van der Waals surface area contributed by atoms with Crippen LogP contribution < -0.4 is 5.32 Å². The van der Waals surface area contributed by atoms with Gasteiger partial charge in [-0.2, -0.15) is 0 Å². The summed E-state index contributed by atoms with van der Waals surface area (Å²) in [5, 5.41) is 4.21. The van der Waals surface area contributed by atoms with Crippen molar-refractivity contribution >= 4 is 17.3 Å². The molecule has 0 aliphatic carbocycles. The first kappa shape index (κ1) is 10.7. The van der Waals surface area contributed by atoms with Crippen molar-refractivity contribution in [1.29, 1.82) is 0 Å². The van der Waals surface area contributed by atoms with Crippen molar-refractivity contribution in [1.82, 2.24) is 0 Å². The average Bonchev–Trinajstić information content (AvgIpc) is 2.39. The average molecular weight is 244 g/mol. The number of aryl methyl sites for hydroxylation is 1. The molecule has 1 aliphatic heterocycles. The van der Waals surface area contributed by atoms with E-state index in [-0.39, 0.29) is 0 Å². The molecular weight excluding hydrogens is 230 g/mol. The maximum atomic E-state index is 5.90. The van der Waals surface area contributed by atoms with Gasteiger partial charge in [0.15, 0.2) is 0 Å². The van der Waals surface area contributed by atoms with Gasteiger partial charge >= 0.3 is 0 Å². The number of halogens is 1. The summed E-state index contributed by atoms with van der Waals surface area (Å²) in [6.45, 7) is 1.09. The molecule has 17 heavy (non-hydrogen) atoms. The lowest BCUT2D eigenvalue weighted by molar-refractivity contribution is 0.830. The Balaban J connectivity index is 2.01. The molecule has 1 aliphatic rings. The summed E-state index contributed by atoms with van der Waals surface area (Å²) in [6.07, 6.45) is 2.39. The fourth-order valence-corrected chi connectivity index (χ4v) is 2.42.